The van der Waals surface area contributed by atoms with Crippen LogP contribution >= 0.6 is 31.9 Å². The van der Waals surface area contributed by atoms with Crippen molar-refractivity contribution in [2.45, 2.75) is 20.0 Å². The van der Waals surface area contributed by atoms with Gasteiger partial charge in [-0.05, 0) is 57.8 Å². The zero-order chi connectivity index (χ0) is 10.7. The summed E-state index contributed by atoms with van der Waals surface area (Å²) in [6.07, 6.45) is -0.117. The van der Waals surface area contributed by atoms with E-state index in [1.165, 1.54) is 0 Å². The number of rotatable bonds is 2. The molecular weight excluding hydrogens is 314 g/mol. The van der Waals surface area contributed by atoms with E-state index in [0.717, 1.165) is 0 Å². The average molecular weight is 323 g/mol. The summed E-state index contributed by atoms with van der Waals surface area (Å²) in [7, 11) is 0. The number of halogens is 2. The molecule has 1 rings (SSSR count). The van der Waals surface area contributed by atoms with Crippen LogP contribution in [0, 0.1) is 0 Å². The van der Waals surface area contributed by atoms with E-state index in [-0.39, 0.29) is 12.1 Å². The van der Waals surface area contributed by atoms with Gasteiger partial charge in [0.15, 0.2) is 0 Å². The van der Waals surface area contributed by atoms with Crippen LogP contribution in [-0.4, -0.2) is 17.1 Å². The van der Waals surface area contributed by atoms with Gasteiger partial charge < -0.3 is 4.74 Å². The van der Waals surface area contributed by atoms with Crippen LogP contribution in [0.4, 0.5) is 0 Å². The summed E-state index contributed by atoms with van der Waals surface area (Å²) in [6, 6.07) is 3.24. The maximum Gasteiger partial charge on any atom is 0.338 e. The molecule has 14 heavy (non-hydrogen) atoms. The van der Waals surface area contributed by atoms with Crippen molar-refractivity contribution in [3.8, 4) is 0 Å². The van der Waals surface area contributed by atoms with E-state index in [1.54, 1.807) is 12.1 Å². The Morgan fingerprint density at radius 3 is 2.29 bits per heavy atom. The van der Waals surface area contributed by atoms with Gasteiger partial charge in [-0.25, -0.2) is 9.78 Å². The van der Waals surface area contributed by atoms with E-state index < -0.39 is 0 Å². The van der Waals surface area contributed by atoms with Crippen molar-refractivity contribution in [3.63, 3.8) is 0 Å². The van der Waals surface area contributed by atoms with Crippen molar-refractivity contribution in [2.75, 3.05) is 0 Å². The average Bonchev–Trinajstić information content (AvgIpc) is 2.00. The molecule has 0 aliphatic rings. The summed E-state index contributed by atoms with van der Waals surface area (Å²) in [5, 5.41) is 0. The number of pyridine rings is 1. The normalized spacial score (nSPS) is 10.4. The molecule has 5 heteroatoms. The van der Waals surface area contributed by atoms with Crippen molar-refractivity contribution >= 4 is 37.8 Å². The molecule has 0 bridgehead atoms. The van der Waals surface area contributed by atoms with Crippen LogP contribution in [-0.2, 0) is 4.74 Å². The Morgan fingerprint density at radius 2 is 1.86 bits per heavy atom. The van der Waals surface area contributed by atoms with E-state index in [1.807, 2.05) is 13.8 Å². The molecule has 0 aromatic carbocycles. The lowest BCUT2D eigenvalue weighted by Gasteiger charge is -2.07. The zero-order valence-corrected chi connectivity index (χ0v) is 10.9. The Hall–Kier alpha value is -0.420. The molecule has 1 aromatic rings. The van der Waals surface area contributed by atoms with Crippen molar-refractivity contribution < 1.29 is 9.53 Å². The quantitative estimate of drug-likeness (QED) is 0.620. The molecule has 0 N–H and O–H groups in total. The van der Waals surface area contributed by atoms with Gasteiger partial charge in [0.05, 0.1) is 11.7 Å². The van der Waals surface area contributed by atoms with Crippen LogP contribution in [0.3, 0.4) is 0 Å². The van der Waals surface area contributed by atoms with Gasteiger partial charge in [-0.3, -0.25) is 0 Å². The molecule has 1 aromatic heterocycles. The van der Waals surface area contributed by atoms with Crippen molar-refractivity contribution in [1.29, 1.82) is 0 Å². The Labute approximate surface area is 99.1 Å². The summed E-state index contributed by atoms with van der Waals surface area (Å²) in [6.45, 7) is 3.62. The molecule has 0 saturated carbocycles. The lowest BCUT2D eigenvalue weighted by molar-refractivity contribution is 0.0377. The Bertz CT molecular complexity index is 332. The largest absolute Gasteiger partial charge is 0.459 e. The van der Waals surface area contributed by atoms with Gasteiger partial charge in [0.1, 0.15) is 9.21 Å². The van der Waals surface area contributed by atoms with Crippen molar-refractivity contribution in [3.05, 3.63) is 26.9 Å². The molecule has 0 saturated heterocycles. The fourth-order valence-corrected chi connectivity index (χ4v) is 1.98. The Morgan fingerprint density at radius 1 is 1.36 bits per heavy atom. The molecule has 0 radical (unpaired) electrons. The predicted octanol–water partition coefficient (Wildman–Crippen LogP) is 3.17. The van der Waals surface area contributed by atoms with Gasteiger partial charge in [-0.15, -0.1) is 0 Å². The van der Waals surface area contributed by atoms with Gasteiger partial charge in [-0.2, -0.15) is 0 Å². The molecule has 0 aliphatic carbocycles. The standard InChI is InChI=1S/C9H9Br2NO2/c1-5(2)14-9(13)6-3-7(10)12-8(11)4-6/h3-5H,1-2H3. The lowest BCUT2D eigenvalue weighted by atomic mass is 10.3. The fourth-order valence-electron chi connectivity index (χ4n) is 0.865. The topological polar surface area (TPSA) is 39.2 Å². The molecule has 0 spiro atoms. The highest BCUT2D eigenvalue weighted by molar-refractivity contribution is 9.11. The minimum Gasteiger partial charge on any atom is -0.459 e. The molecule has 0 amide bonds. The Balaban J connectivity index is 2.90. The number of hydrogen-bond acceptors (Lipinski definition) is 3. The highest BCUT2D eigenvalue weighted by Crippen LogP contribution is 2.16. The van der Waals surface area contributed by atoms with E-state index in [2.05, 4.69) is 36.8 Å². The number of aromatic nitrogens is 1. The van der Waals surface area contributed by atoms with Gasteiger partial charge in [0, 0.05) is 0 Å². The van der Waals surface area contributed by atoms with Crippen LogP contribution in [0.2, 0.25) is 0 Å². The second-order valence-electron chi connectivity index (χ2n) is 2.96. The SMILES string of the molecule is CC(C)OC(=O)c1cc(Br)nc(Br)c1. The van der Waals surface area contributed by atoms with E-state index >= 15 is 0 Å². The number of ether oxygens (including phenoxy) is 1. The highest BCUT2D eigenvalue weighted by Gasteiger charge is 2.10. The van der Waals surface area contributed by atoms with Gasteiger partial charge >= 0.3 is 5.97 Å². The van der Waals surface area contributed by atoms with Crippen LogP contribution in [0.5, 0.6) is 0 Å². The first-order valence-corrected chi connectivity index (χ1v) is 5.61. The molecule has 3 nitrogen and oxygen atoms in total. The van der Waals surface area contributed by atoms with Crippen molar-refractivity contribution in [1.82, 2.24) is 4.98 Å². The summed E-state index contributed by atoms with van der Waals surface area (Å²) < 4.78 is 6.24. The van der Waals surface area contributed by atoms with Crippen LogP contribution in [0.1, 0.15) is 24.2 Å². The van der Waals surface area contributed by atoms with Crippen LogP contribution in [0.15, 0.2) is 21.3 Å². The van der Waals surface area contributed by atoms with Crippen molar-refractivity contribution in [2.24, 2.45) is 0 Å². The maximum absolute atomic E-state index is 11.5. The van der Waals surface area contributed by atoms with Gasteiger partial charge in [-0.1, -0.05) is 0 Å². The highest BCUT2D eigenvalue weighted by atomic mass is 79.9. The number of hydrogen-bond donors (Lipinski definition) is 0. The second-order valence-corrected chi connectivity index (χ2v) is 4.58. The lowest BCUT2D eigenvalue weighted by Crippen LogP contribution is -2.11. The minimum atomic E-state index is -0.344. The molecule has 1 heterocycles. The summed E-state index contributed by atoms with van der Waals surface area (Å²) in [5.41, 5.74) is 0.479. The predicted molar refractivity (Wildman–Crippen MR) is 60.2 cm³/mol. The third kappa shape index (κ3) is 3.38. The monoisotopic (exact) mass is 321 g/mol. The number of esters is 1. The first kappa shape index (κ1) is 11.7. The summed E-state index contributed by atoms with van der Waals surface area (Å²) in [4.78, 5) is 15.5. The minimum absolute atomic E-state index is 0.117. The van der Waals surface area contributed by atoms with Crippen LogP contribution < -0.4 is 0 Å². The molecule has 0 unspecified atom stereocenters. The number of nitrogens with zero attached hydrogens (tertiary/aromatic N) is 1. The molecule has 0 atom stereocenters. The number of carbonyl (C=O) groups is 1. The fraction of sp³-hybridized carbons (Fsp3) is 0.333. The first-order valence-electron chi connectivity index (χ1n) is 4.03. The van der Waals surface area contributed by atoms with E-state index in [9.17, 15) is 4.79 Å². The summed E-state index contributed by atoms with van der Waals surface area (Å²) in [5.74, 6) is -0.344. The Kier molecular flexibility index (Phi) is 4.07. The third-order valence-corrected chi connectivity index (χ3v) is 2.15. The molecular formula is C9H9Br2NO2. The molecule has 76 valence electrons. The van der Waals surface area contributed by atoms with E-state index in [0.29, 0.717) is 14.8 Å². The van der Waals surface area contributed by atoms with E-state index in [4.69, 9.17) is 4.74 Å². The zero-order valence-electron chi connectivity index (χ0n) is 7.75. The summed E-state index contributed by atoms with van der Waals surface area (Å²) >= 11 is 6.40. The van der Waals surface area contributed by atoms with Gasteiger partial charge in [0.25, 0.3) is 0 Å². The first-order chi connectivity index (χ1) is 6.49. The molecule has 0 fully saturated rings. The number of carbonyl (C=O) groups excluding carboxylic acids is 1. The molecule has 0 aliphatic heterocycles. The second kappa shape index (κ2) is 4.89. The maximum atomic E-state index is 11.5. The van der Waals surface area contributed by atoms with Crippen LogP contribution in [0.25, 0.3) is 0 Å². The van der Waals surface area contributed by atoms with Gasteiger partial charge in [0.2, 0.25) is 0 Å². The third-order valence-electron chi connectivity index (χ3n) is 1.34. The smallest absolute Gasteiger partial charge is 0.338 e.